The van der Waals surface area contributed by atoms with Crippen LogP contribution < -0.4 is 5.32 Å². The molecule has 0 saturated heterocycles. The van der Waals surface area contributed by atoms with Crippen LogP contribution in [0.4, 0.5) is 5.69 Å². The summed E-state index contributed by atoms with van der Waals surface area (Å²) in [6.45, 7) is 6.69. The van der Waals surface area contributed by atoms with Gasteiger partial charge in [-0.15, -0.1) is 0 Å². The maximum atomic E-state index is 3.51. The number of likely N-dealkylation sites (N-methyl/N-ethyl adjacent to an activating group) is 1. The first kappa shape index (κ1) is 13.5. The molecule has 0 fully saturated rings. The van der Waals surface area contributed by atoms with E-state index >= 15 is 0 Å². The fourth-order valence-electron chi connectivity index (χ4n) is 2.95. The molecule has 2 aromatic rings. The van der Waals surface area contributed by atoms with Gasteiger partial charge in [-0.3, -0.25) is 0 Å². The van der Waals surface area contributed by atoms with Crippen LogP contribution in [0.25, 0.3) is 10.9 Å². The average molecular weight is 271 g/mol. The summed E-state index contributed by atoms with van der Waals surface area (Å²) < 4.78 is 2.39. The van der Waals surface area contributed by atoms with Crippen LogP contribution >= 0.6 is 0 Å². The van der Waals surface area contributed by atoms with Gasteiger partial charge in [-0.25, -0.2) is 0 Å². The molecule has 0 spiro atoms. The third kappa shape index (κ3) is 2.20. The molecular formula is C17H25N3. The molecule has 0 unspecified atom stereocenters. The number of hydrogen-bond donors (Lipinski definition) is 1. The monoisotopic (exact) mass is 271 g/mol. The van der Waals surface area contributed by atoms with Gasteiger partial charge in [-0.05, 0) is 64.5 Å². The Balaban J connectivity index is 2.02. The van der Waals surface area contributed by atoms with Crippen molar-refractivity contribution in [2.45, 2.75) is 38.8 Å². The minimum absolute atomic E-state index is 0.153. The SMILES string of the molecule is CN(C)C(C)(C)Cn1ccc2c3c(ccc21)NCCC3. The number of hydrogen-bond acceptors (Lipinski definition) is 2. The van der Waals surface area contributed by atoms with Crippen LogP contribution in [0.1, 0.15) is 25.8 Å². The molecule has 0 atom stereocenters. The van der Waals surface area contributed by atoms with Crippen LogP contribution in [0, 0.1) is 0 Å². The molecule has 1 aromatic heterocycles. The number of nitrogens with one attached hydrogen (secondary N) is 1. The molecule has 1 aliphatic rings. The highest BCUT2D eigenvalue weighted by Gasteiger charge is 2.22. The molecule has 20 heavy (non-hydrogen) atoms. The topological polar surface area (TPSA) is 20.2 Å². The van der Waals surface area contributed by atoms with Crippen molar-refractivity contribution in [3.05, 3.63) is 30.0 Å². The summed E-state index contributed by atoms with van der Waals surface area (Å²) in [4.78, 5) is 2.29. The van der Waals surface area contributed by atoms with Gasteiger partial charge in [0.1, 0.15) is 0 Å². The lowest BCUT2D eigenvalue weighted by molar-refractivity contribution is 0.171. The molecule has 0 amide bonds. The quantitative estimate of drug-likeness (QED) is 0.924. The molecule has 0 radical (unpaired) electrons. The Hall–Kier alpha value is -1.48. The van der Waals surface area contributed by atoms with Crippen molar-refractivity contribution in [2.75, 3.05) is 26.0 Å². The van der Waals surface area contributed by atoms with Gasteiger partial charge in [-0.2, -0.15) is 0 Å². The minimum Gasteiger partial charge on any atom is -0.385 e. The van der Waals surface area contributed by atoms with Crippen LogP contribution in [0.2, 0.25) is 0 Å². The van der Waals surface area contributed by atoms with Crippen molar-refractivity contribution in [1.29, 1.82) is 0 Å². The largest absolute Gasteiger partial charge is 0.385 e. The number of nitrogens with zero attached hydrogens (tertiary/aromatic N) is 2. The molecule has 1 aliphatic heterocycles. The van der Waals surface area contributed by atoms with Crippen LogP contribution in [-0.2, 0) is 13.0 Å². The fourth-order valence-corrected chi connectivity index (χ4v) is 2.95. The summed E-state index contributed by atoms with van der Waals surface area (Å²) in [6.07, 6.45) is 4.67. The van der Waals surface area contributed by atoms with Gasteiger partial charge in [0.05, 0.1) is 0 Å². The van der Waals surface area contributed by atoms with E-state index < -0.39 is 0 Å². The van der Waals surface area contributed by atoms with Crippen molar-refractivity contribution in [1.82, 2.24) is 9.47 Å². The maximum Gasteiger partial charge on any atom is 0.0485 e. The lowest BCUT2D eigenvalue weighted by Crippen LogP contribution is -2.41. The normalized spacial score (nSPS) is 15.4. The first-order valence-electron chi connectivity index (χ1n) is 7.51. The lowest BCUT2D eigenvalue weighted by atomic mass is 9.99. The van der Waals surface area contributed by atoms with E-state index in [0.717, 1.165) is 13.1 Å². The van der Waals surface area contributed by atoms with E-state index in [4.69, 9.17) is 0 Å². The standard InChI is InChI=1S/C17H25N3/c1-17(2,19(3)4)12-20-11-9-14-13-6-5-10-18-15(13)7-8-16(14)20/h7-9,11,18H,5-6,10,12H2,1-4H3. The molecule has 3 rings (SSSR count). The molecule has 1 N–H and O–H groups in total. The number of aryl methyl sites for hydroxylation is 1. The van der Waals surface area contributed by atoms with Crippen LogP contribution in [0.5, 0.6) is 0 Å². The number of rotatable bonds is 3. The lowest BCUT2D eigenvalue weighted by Gasteiger charge is -2.33. The van der Waals surface area contributed by atoms with Crippen molar-refractivity contribution in [2.24, 2.45) is 0 Å². The molecule has 3 nitrogen and oxygen atoms in total. The van der Waals surface area contributed by atoms with Crippen molar-refractivity contribution >= 4 is 16.6 Å². The highest BCUT2D eigenvalue weighted by Crippen LogP contribution is 2.31. The van der Waals surface area contributed by atoms with Crippen LogP contribution in [0.15, 0.2) is 24.4 Å². The van der Waals surface area contributed by atoms with Crippen molar-refractivity contribution < 1.29 is 0 Å². The smallest absolute Gasteiger partial charge is 0.0485 e. The number of anilines is 1. The second-order valence-electron chi connectivity index (χ2n) is 6.71. The Labute approximate surface area is 121 Å². The predicted molar refractivity (Wildman–Crippen MR) is 86.5 cm³/mol. The molecule has 108 valence electrons. The molecule has 3 heteroatoms. The van der Waals surface area contributed by atoms with Crippen molar-refractivity contribution in [3.8, 4) is 0 Å². The molecule has 0 saturated carbocycles. The van der Waals surface area contributed by atoms with Gasteiger partial charge >= 0.3 is 0 Å². The van der Waals surface area contributed by atoms with Crippen LogP contribution in [0.3, 0.4) is 0 Å². The van der Waals surface area contributed by atoms with Gasteiger partial charge in [0.25, 0.3) is 0 Å². The number of aromatic nitrogens is 1. The Morgan fingerprint density at radius 2 is 2.05 bits per heavy atom. The maximum absolute atomic E-state index is 3.51. The highest BCUT2D eigenvalue weighted by molar-refractivity contribution is 5.89. The van der Waals surface area contributed by atoms with E-state index in [9.17, 15) is 0 Å². The molecule has 0 aliphatic carbocycles. The third-order valence-corrected chi connectivity index (χ3v) is 4.75. The summed E-state index contributed by atoms with van der Waals surface area (Å²) in [6, 6.07) is 6.79. The summed E-state index contributed by atoms with van der Waals surface area (Å²) in [5.41, 5.74) is 4.34. The van der Waals surface area contributed by atoms with Gasteiger partial charge in [0.15, 0.2) is 0 Å². The first-order valence-corrected chi connectivity index (χ1v) is 7.51. The Morgan fingerprint density at radius 3 is 2.80 bits per heavy atom. The zero-order chi connectivity index (χ0) is 14.3. The summed E-state index contributed by atoms with van der Waals surface area (Å²) in [5.74, 6) is 0. The van der Waals surface area contributed by atoms with Gasteiger partial charge in [0.2, 0.25) is 0 Å². The Morgan fingerprint density at radius 1 is 1.25 bits per heavy atom. The Bertz CT molecular complexity index is 622. The minimum atomic E-state index is 0.153. The number of benzene rings is 1. The Kier molecular flexibility index (Phi) is 3.25. The van der Waals surface area contributed by atoms with E-state index in [0.29, 0.717) is 0 Å². The molecular weight excluding hydrogens is 246 g/mol. The van der Waals surface area contributed by atoms with Gasteiger partial charge < -0.3 is 14.8 Å². The molecule has 1 aromatic carbocycles. The predicted octanol–water partition coefficient (Wildman–Crippen LogP) is 3.34. The fraction of sp³-hybridized carbons (Fsp3) is 0.529. The second kappa shape index (κ2) is 4.81. The number of fused-ring (bicyclic) bond motifs is 3. The van der Waals surface area contributed by atoms with E-state index in [1.165, 1.54) is 35.0 Å². The third-order valence-electron chi connectivity index (χ3n) is 4.75. The van der Waals surface area contributed by atoms with E-state index in [2.05, 4.69) is 67.1 Å². The van der Waals surface area contributed by atoms with E-state index in [1.807, 2.05) is 0 Å². The second-order valence-corrected chi connectivity index (χ2v) is 6.71. The van der Waals surface area contributed by atoms with E-state index in [-0.39, 0.29) is 5.54 Å². The van der Waals surface area contributed by atoms with Gasteiger partial charge in [-0.1, -0.05) is 0 Å². The van der Waals surface area contributed by atoms with Crippen molar-refractivity contribution in [3.63, 3.8) is 0 Å². The van der Waals surface area contributed by atoms with Gasteiger partial charge in [0, 0.05) is 41.4 Å². The van der Waals surface area contributed by atoms with E-state index in [1.54, 1.807) is 0 Å². The van der Waals surface area contributed by atoms with Crippen LogP contribution in [-0.4, -0.2) is 35.6 Å². The molecule has 2 heterocycles. The highest BCUT2D eigenvalue weighted by atomic mass is 15.2. The average Bonchev–Trinajstić information content (AvgIpc) is 2.81. The summed E-state index contributed by atoms with van der Waals surface area (Å²) in [5, 5.41) is 4.93. The first-order chi connectivity index (χ1) is 9.49. The summed E-state index contributed by atoms with van der Waals surface area (Å²) in [7, 11) is 4.30. The molecule has 0 bridgehead atoms. The zero-order valence-electron chi connectivity index (χ0n) is 13.0. The summed E-state index contributed by atoms with van der Waals surface area (Å²) >= 11 is 0. The zero-order valence-corrected chi connectivity index (χ0v) is 13.0.